The van der Waals surface area contributed by atoms with Crippen molar-refractivity contribution < 1.29 is 14.5 Å². The van der Waals surface area contributed by atoms with Gasteiger partial charge in [0.1, 0.15) is 24.0 Å². The number of hydrogen-bond donors (Lipinski definition) is 1. The van der Waals surface area contributed by atoms with Crippen molar-refractivity contribution in [3.05, 3.63) is 18.2 Å². The molecule has 0 radical (unpaired) electrons. The third kappa shape index (κ3) is 3.52. The monoisotopic (exact) mass is 250 g/mol. The number of aromatic nitrogens is 2. The molecule has 1 rings (SSSR count). The lowest BCUT2D eigenvalue weighted by Crippen LogP contribution is -2.40. The van der Waals surface area contributed by atoms with Crippen LogP contribution in [-0.4, -0.2) is 16.0 Å². The van der Waals surface area contributed by atoms with E-state index >= 15 is 0 Å². The maximum Gasteiger partial charge on any atom is 0.306 e. The average Bonchev–Trinajstić information content (AvgIpc) is 2.68. The number of nitrogens with zero attached hydrogens (tertiary/aromatic N) is 3. The third-order valence-electron chi connectivity index (χ3n) is 2.36. The molecule has 0 aliphatic carbocycles. The Labute approximate surface area is 108 Å². The summed E-state index contributed by atoms with van der Waals surface area (Å²) in [6, 6.07) is 0. The second-order valence-corrected chi connectivity index (χ2v) is 4.82. The standard InChI is InChI=1S/C13H19N3O2/c1-5-6-9-18-11-15-7-8-16(13(2,3)4)12(15)10-14-17/h7-8,10H,5,11H2,1-4H3/p+1. The summed E-state index contributed by atoms with van der Waals surface area (Å²) in [5.74, 6) is 3.58. The fourth-order valence-corrected chi connectivity index (χ4v) is 1.53. The van der Waals surface area contributed by atoms with Crippen molar-refractivity contribution in [2.24, 2.45) is 5.16 Å². The summed E-state index contributed by atoms with van der Waals surface area (Å²) >= 11 is 0. The fourth-order valence-electron chi connectivity index (χ4n) is 1.53. The maximum atomic E-state index is 8.74. The molecule has 0 amide bonds. The van der Waals surface area contributed by atoms with Crippen LogP contribution in [0.15, 0.2) is 17.5 Å². The molecule has 5 heteroatoms. The molecule has 0 bridgehead atoms. The van der Waals surface area contributed by atoms with Gasteiger partial charge in [-0.05, 0) is 20.8 Å². The van der Waals surface area contributed by atoms with Crippen LogP contribution in [0.25, 0.3) is 0 Å². The molecule has 5 nitrogen and oxygen atoms in total. The van der Waals surface area contributed by atoms with Crippen molar-refractivity contribution in [2.45, 2.75) is 46.4 Å². The Morgan fingerprint density at radius 1 is 1.56 bits per heavy atom. The summed E-state index contributed by atoms with van der Waals surface area (Å²) in [4.78, 5) is 0. The quantitative estimate of drug-likeness (QED) is 0.292. The highest BCUT2D eigenvalue weighted by Gasteiger charge is 2.26. The van der Waals surface area contributed by atoms with E-state index in [4.69, 9.17) is 9.94 Å². The third-order valence-corrected chi connectivity index (χ3v) is 2.36. The average molecular weight is 250 g/mol. The van der Waals surface area contributed by atoms with Crippen LogP contribution in [0.2, 0.25) is 0 Å². The normalized spacial score (nSPS) is 11.3. The number of rotatable bonds is 3. The van der Waals surface area contributed by atoms with Gasteiger partial charge in [0.15, 0.2) is 6.21 Å². The van der Waals surface area contributed by atoms with Crippen LogP contribution in [-0.2, 0) is 17.0 Å². The van der Waals surface area contributed by atoms with E-state index < -0.39 is 0 Å². The molecule has 1 aromatic rings. The van der Waals surface area contributed by atoms with Crippen LogP contribution >= 0.6 is 0 Å². The second-order valence-electron chi connectivity index (χ2n) is 4.82. The zero-order valence-electron chi connectivity index (χ0n) is 11.3. The predicted octanol–water partition coefficient (Wildman–Crippen LogP) is 1.68. The van der Waals surface area contributed by atoms with Crippen LogP contribution in [0, 0.1) is 12.0 Å². The predicted molar refractivity (Wildman–Crippen MR) is 68.2 cm³/mol. The van der Waals surface area contributed by atoms with Crippen LogP contribution in [0.1, 0.15) is 39.9 Å². The van der Waals surface area contributed by atoms with Gasteiger partial charge in [0.25, 0.3) is 0 Å². The van der Waals surface area contributed by atoms with Gasteiger partial charge < -0.3 is 9.94 Å². The Hall–Kier alpha value is -1.96. The lowest BCUT2D eigenvalue weighted by molar-refractivity contribution is -0.728. The molecular formula is C13H20N3O2+. The summed E-state index contributed by atoms with van der Waals surface area (Å²) in [7, 11) is 0. The minimum absolute atomic E-state index is 0.100. The minimum atomic E-state index is -0.100. The summed E-state index contributed by atoms with van der Waals surface area (Å²) < 4.78 is 9.05. The number of imidazole rings is 1. The molecule has 0 saturated heterocycles. The second kappa shape index (κ2) is 6.10. The van der Waals surface area contributed by atoms with Gasteiger partial charge in [-0.3, -0.25) is 0 Å². The molecule has 0 aliphatic rings. The summed E-state index contributed by atoms with van der Waals surface area (Å²) in [5, 5.41) is 11.8. The van der Waals surface area contributed by atoms with E-state index in [0.29, 0.717) is 6.73 Å². The summed E-state index contributed by atoms with van der Waals surface area (Å²) in [6.45, 7) is 8.48. The SMILES string of the molecule is CCC#COC[n+]1ccn(C(C)(C)C)c1C=NO. The Kier molecular flexibility index (Phi) is 4.78. The van der Waals surface area contributed by atoms with Crippen molar-refractivity contribution in [3.63, 3.8) is 0 Å². The molecule has 0 fully saturated rings. The molecule has 18 heavy (non-hydrogen) atoms. The number of oxime groups is 1. The molecule has 0 aromatic carbocycles. The Morgan fingerprint density at radius 3 is 2.83 bits per heavy atom. The van der Waals surface area contributed by atoms with Gasteiger partial charge in [-0.1, -0.05) is 18.0 Å². The maximum absolute atomic E-state index is 8.74. The molecular weight excluding hydrogens is 230 g/mol. The number of hydrogen-bond acceptors (Lipinski definition) is 3. The van der Waals surface area contributed by atoms with E-state index in [1.807, 2.05) is 28.5 Å². The topological polar surface area (TPSA) is 50.6 Å². The molecule has 1 aromatic heterocycles. The van der Waals surface area contributed by atoms with E-state index in [1.54, 1.807) is 0 Å². The van der Waals surface area contributed by atoms with Gasteiger partial charge in [-0.15, -0.1) is 0 Å². The Morgan fingerprint density at radius 2 is 2.28 bits per heavy atom. The highest BCUT2D eigenvalue weighted by atomic mass is 16.5. The van der Waals surface area contributed by atoms with Crippen molar-refractivity contribution >= 4 is 6.21 Å². The van der Waals surface area contributed by atoms with Gasteiger partial charge in [0, 0.05) is 6.42 Å². The van der Waals surface area contributed by atoms with Crippen molar-refractivity contribution in [3.8, 4) is 12.0 Å². The van der Waals surface area contributed by atoms with E-state index in [-0.39, 0.29) is 5.54 Å². The first-order valence-electron chi connectivity index (χ1n) is 5.89. The van der Waals surface area contributed by atoms with Crippen molar-refractivity contribution in [1.82, 2.24) is 4.57 Å². The van der Waals surface area contributed by atoms with Crippen molar-refractivity contribution in [1.29, 1.82) is 0 Å². The molecule has 98 valence electrons. The summed E-state index contributed by atoms with van der Waals surface area (Å²) in [5.41, 5.74) is -0.100. The van der Waals surface area contributed by atoms with E-state index in [2.05, 4.69) is 38.0 Å². The molecule has 0 spiro atoms. The number of ether oxygens (including phenoxy) is 1. The molecule has 1 N–H and O–H groups in total. The minimum Gasteiger partial charge on any atom is -0.411 e. The van der Waals surface area contributed by atoms with E-state index in [1.165, 1.54) is 6.21 Å². The highest BCUT2D eigenvalue weighted by Crippen LogP contribution is 2.14. The first-order valence-corrected chi connectivity index (χ1v) is 5.89. The van der Waals surface area contributed by atoms with Crippen molar-refractivity contribution in [2.75, 3.05) is 0 Å². The van der Waals surface area contributed by atoms with Gasteiger partial charge in [-0.25, -0.2) is 4.57 Å². The first kappa shape index (κ1) is 14.1. The van der Waals surface area contributed by atoms with E-state index in [0.717, 1.165) is 12.2 Å². The van der Waals surface area contributed by atoms with Gasteiger partial charge in [0.2, 0.25) is 6.73 Å². The van der Waals surface area contributed by atoms with Crippen LogP contribution < -0.4 is 4.57 Å². The zero-order chi connectivity index (χ0) is 13.6. The largest absolute Gasteiger partial charge is 0.411 e. The lowest BCUT2D eigenvalue weighted by Gasteiger charge is -2.15. The molecule has 0 saturated carbocycles. The van der Waals surface area contributed by atoms with Gasteiger partial charge >= 0.3 is 5.82 Å². The summed E-state index contributed by atoms with van der Waals surface area (Å²) in [6.07, 6.45) is 8.56. The fraction of sp³-hybridized carbons (Fsp3) is 0.538. The molecule has 1 heterocycles. The lowest BCUT2D eigenvalue weighted by atomic mass is 10.1. The highest BCUT2D eigenvalue weighted by molar-refractivity contribution is 5.72. The first-order chi connectivity index (χ1) is 8.50. The van der Waals surface area contributed by atoms with Crippen LogP contribution in [0.4, 0.5) is 0 Å². The van der Waals surface area contributed by atoms with Crippen LogP contribution in [0.3, 0.4) is 0 Å². The van der Waals surface area contributed by atoms with Gasteiger partial charge in [-0.2, -0.15) is 4.57 Å². The molecule has 0 atom stereocenters. The van der Waals surface area contributed by atoms with Crippen LogP contribution in [0.5, 0.6) is 0 Å². The smallest absolute Gasteiger partial charge is 0.306 e. The van der Waals surface area contributed by atoms with E-state index in [9.17, 15) is 0 Å². The Bertz CT molecular complexity index is 473. The zero-order valence-corrected chi connectivity index (χ0v) is 11.3. The Balaban J connectivity index is 2.95. The molecule has 0 unspecified atom stereocenters. The molecule has 0 aliphatic heterocycles. The van der Waals surface area contributed by atoms with Gasteiger partial charge in [0.05, 0.1) is 0 Å².